The van der Waals surface area contributed by atoms with Crippen molar-refractivity contribution < 1.29 is 28.9 Å². The van der Waals surface area contributed by atoms with E-state index in [-0.39, 0.29) is 5.91 Å². The van der Waals surface area contributed by atoms with Gasteiger partial charge < -0.3 is 24.6 Å². The van der Waals surface area contributed by atoms with Crippen molar-refractivity contribution in [3.8, 4) is 0 Å². The maximum Gasteiger partial charge on any atom is 0.337 e. The average molecular weight is 259 g/mol. The minimum Gasteiger partial charge on any atom is -0.467 e. The summed E-state index contributed by atoms with van der Waals surface area (Å²) in [6.45, 7) is 1.02. The lowest BCUT2D eigenvalue weighted by molar-refractivity contribution is -0.192. The normalized spacial score (nSPS) is 42.6. The summed E-state index contributed by atoms with van der Waals surface area (Å²) in [4.78, 5) is 23.9. The number of fused-ring (bicyclic) bond motifs is 1. The lowest BCUT2D eigenvalue weighted by Crippen LogP contribution is -2.65. The number of esters is 1. The number of amides is 1. The van der Waals surface area contributed by atoms with Gasteiger partial charge in [-0.2, -0.15) is 0 Å². The Morgan fingerprint density at radius 2 is 2.28 bits per heavy atom. The largest absolute Gasteiger partial charge is 0.467 e. The van der Waals surface area contributed by atoms with E-state index in [0.717, 1.165) is 0 Å². The molecule has 0 radical (unpaired) electrons. The maximum atomic E-state index is 12.0. The van der Waals surface area contributed by atoms with Crippen molar-refractivity contribution in [2.45, 2.75) is 30.8 Å². The van der Waals surface area contributed by atoms with Crippen LogP contribution >= 0.6 is 0 Å². The van der Waals surface area contributed by atoms with Gasteiger partial charge in [-0.25, -0.2) is 4.79 Å². The van der Waals surface area contributed by atoms with Gasteiger partial charge >= 0.3 is 5.97 Å². The molecule has 102 valence electrons. The Morgan fingerprint density at radius 1 is 1.61 bits per heavy atom. The van der Waals surface area contributed by atoms with Crippen LogP contribution in [0.2, 0.25) is 0 Å². The molecule has 2 rings (SSSR count). The summed E-state index contributed by atoms with van der Waals surface area (Å²) >= 11 is 0. The van der Waals surface area contributed by atoms with Gasteiger partial charge in [-0.3, -0.25) is 4.79 Å². The molecule has 0 aliphatic carbocycles. The number of methoxy groups -OCH3 is 2. The molecule has 0 saturated carbocycles. The van der Waals surface area contributed by atoms with Gasteiger partial charge in [0.15, 0.2) is 11.8 Å². The highest BCUT2D eigenvalue weighted by atomic mass is 16.7. The highest BCUT2D eigenvalue weighted by Gasteiger charge is 2.71. The molecule has 2 aliphatic rings. The molecule has 0 aromatic rings. The first-order valence-corrected chi connectivity index (χ1v) is 5.67. The summed E-state index contributed by atoms with van der Waals surface area (Å²) < 4.78 is 15.4. The van der Waals surface area contributed by atoms with Crippen LogP contribution in [0.4, 0.5) is 0 Å². The number of aliphatic hydroxyl groups is 1. The van der Waals surface area contributed by atoms with Crippen molar-refractivity contribution in [1.29, 1.82) is 0 Å². The number of hydrogen-bond donors (Lipinski definition) is 2. The summed E-state index contributed by atoms with van der Waals surface area (Å²) in [5, 5.41) is 12.1. The van der Waals surface area contributed by atoms with Gasteiger partial charge in [0.1, 0.15) is 5.60 Å². The minimum atomic E-state index is -1.57. The molecular weight excluding hydrogens is 242 g/mol. The molecule has 2 saturated heterocycles. The third-order valence-electron chi connectivity index (χ3n) is 4.00. The number of nitrogens with one attached hydrogen (secondary N) is 1. The van der Waals surface area contributed by atoms with Crippen LogP contribution in [0, 0.1) is 5.92 Å². The van der Waals surface area contributed by atoms with Crippen LogP contribution < -0.4 is 5.32 Å². The maximum absolute atomic E-state index is 12.0. The van der Waals surface area contributed by atoms with Crippen molar-refractivity contribution in [3.05, 3.63) is 0 Å². The van der Waals surface area contributed by atoms with Crippen molar-refractivity contribution in [2.75, 3.05) is 20.8 Å². The number of ether oxygens (including phenoxy) is 3. The fourth-order valence-electron chi connectivity index (χ4n) is 2.83. The van der Waals surface area contributed by atoms with Crippen LogP contribution in [0.15, 0.2) is 0 Å². The zero-order valence-electron chi connectivity index (χ0n) is 10.6. The highest BCUT2D eigenvalue weighted by molar-refractivity contribution is 5.96. The number of hydrogen-bond acceptors (Lipinski definition) is 6. The third kappa shape index (κ3) is 1.41. The Balaban J connectivity index is 2.44. The van der Waals surface area contributed by atoms with Crippen molar-refractivity contribution >= 4 is 11.9 Å². The van der Waals surface area contributed by atoms with E-state index in [4.69, 9.17) is 9.47 Å². The van der Waals surface area contributed by atoms with E-state index < -0.39 is 35.9 Å². The first kappa shape index (κ1) is 13.3. The number of rotatable bonds is 3. The smallest absolute Gasteiger partial charge is 0.337 e. The Bertz CT molecular complexity index is 386. The summed E-state index contributed by atoms with van der Waals surface area (Å²) in [5.74, 6) is -1.61. The fraction of sp³-hybridized carbons (Fsp3) is 0.818. The third-order valence-corrected chi connectivity index (χ3v) is 4.00. The molecule has 0 unspecified atom stereocenters. The van der Waals surface area contributed by atoms with Gasteiger partial charge in [-0.05, 0) is 6.92 Å². The molecule has 2 N–H and O–H groups in total. The Labute approximate surface area is 104 Å². The predicted octanol–water partition coefficient (Wildman–Crippen LogP) is -1.21. The van der Waals surface area contributed by atoms with Gasteiger partial charge in [0, 0.05) is 13.5 Å². The fourth-order valence-corrected chi connectivity index (χ4v) is 2.83. The monoisotopic (exact) mass is 259 g/mol. The molecule has 1 amide bonds. The van der Waals surface area contributed by atoms with Crippen LogP contribution in [-0.4, -0.2) is 55.2 Å². The summed E-state index contributed by atoms with van der Waals surface area (Å²) in [7, 11) is 2.66. The Morgan fingerprint density at radius 3 is 2.78 bits per heavy atom. The molecular formula is C11H17NO6. The molecule has 7 heteroatoms. The van der Waals surface area contributed by atoms with Crippen LogP contribution in [0.1, 0.15) is 13.3 Å². The van der Waals surface area contributed by atoms with E-state index in [0.29, 0.717) is 6.42 Å². The summed E-state index contributed by atoms with van der Waals surface area (Å²) in [6.07, 6.45) is -0.223. The molecule has 7 nitrogen and oxygen atoms in total. The van der Waals surface area contributed by atoms with Crippen LogP contribution in [0.5, 0.6) is 0 Å². The second-order valence-corrected chi connectivity index (χ2v) is 4.72. The minimum absolute atomic E-state index is 0.337. The van der Waals surface area contributed by atoms with Gasteiger partial charge in [-0.1, -0.05) is 0 Å². The zero-order chi connectivity index (χ0) is 13.6. The van der Waals surface area contributed by atoms with Crippen molar-refractivity contribution in [1.82, 2.24) is 5.32 Å². The van der Waals surface area contributed by atoms with E-state index in [2.05, 4.69) is 10.1 Å². The highest BCUT2D eigenvalue weighted by Crippen LogP contribution is 2.48. The predicted molar refractivity (Wildman–Crippen MR) is 58.4 cm³/mol. The van der Waals surface area contributed by atoms with Crippen molar-refractivity contribution in [3.63, 3.8) is 0 Å². The van der Waals surface area contributed by atoms with E-state index in [1.807, 2.05) is 0 Å². The second kappa shape index (κ2) is 4.18. The number of aliphatic hydroxyl groups excluding tert-OH is 1. The SMILES string of the molecule is COC(=O)[C@]1(CO)NC(=O)[C@@H]2C[C@@H](OC)O[C@@]21C. The van der Waals surface area contributed by atoms with Gasteiger partial charge in [0.25, 0.3) is 0 Å². The van der Waals surface area contributed by atoms with Crippen LogP contribution in [0.3, 0.4) is 0 Å². The van der Waals surface area contributed by atoms with Gasteiger partial charge in [-0.15, -0.1) is 0 Å². The Kier molecular flexibility index (Phi) is 3.08. The molecule has 2 heterocycles. The first-order valence-electron chi connectivity index (χ1n) is 5.67. The van der Waals surface area contributed by atoms with E-state index >= 15 is 0 Å². The first-order chi connectivity index (χ1) is 8.45. The molecule has 0 spiro atoms. The summed E-state index contributed by atoms with van der Waals surface area (Å²) in [5.41, 5.74) is -2.75. The summed E-state index contributed by atoms with van der Waals surface area (Å²) in [6, 6.07) is 0. The van der Waals surface area contributed by atoms with Gasteiger partial charge in [0.05, 0.1) is 19.6 Å². The number of carbonyl (C=O) groups is 2. The molecule has 18 heavy (non-hydrogen) atoms. The second-order valence-electron chi connectivity index (χ2n) is 4.72. The molecule has 0 aromatic carbocycles. The number of carbonyl (C=O) groups excluding carboxylic acids is 2. The molecule has 4 atom stereocenters. The molecule has 0 aromatic heterocycles. The lowest BCUT2D eigenvalue weighted by atomic mass is 9.77. The molecule has 0 bridgehead atoms. The van der Waals surface area contributed by atoms with E-state index in [9.17, 15) is 14.7 Å². The average Bonchev–Trinajstić information content (AvgIpc) is 2.81. The van der Waals surface area contributed by atoms with Crippen LogP contribution in [0.25, 0.3) is 0 Å². The van der Waals surface area contributed by atoms with E-state index in [1.54, 1.807) is 6.92 Å². The zero-order valence-corrected chi connectivity index (χ0v) is 10.6. The quantitative estimate of drug-likeness (QED) is 0.617. The topological polar surface area (TPSA) is 94.1 Å². The molecule has 2 fully saturated rings. The standard InChI is InChI=1S/C11H17NO6/c1-10-6(4-7(16-2)18-10)8(14)12-11(10,5-13)9(15)17-3/h6-7,13H,4-5H2,1-3H3,(H,12,14)/t6-,7-,10-,11-/m0/s1. The Hall–Kier alpha value is -1.18. The van der Waals surface area contributed by atoms with Crippen molar-refractivity contribution in [2.24, 2.45) is 5.92 Å². The van der Waals surface area contributed by atoms with E-state index in [1.165, 1.54) is 14.2 Å². The lowest BCUT2D eigenvalue weighted by Gasteiger charge is -2.37. The van der Waals surface area contributed by atoms with Crippen LogP contribution in [-0.2, 0) is 23.8 Å². The van der Waals surface area contributed by atoms with Gasteiger partial charge in [0.2, 0.25) is 5.91 Å². The molecule has 2 aliphatic heterocycles.